The molecule has 0 aromatic carbocycles. The molecule has 140 valence electrons. The van der Waals surface area contributed by atoms with Gasteiger partial charge in [0.15, 0.2) is 0 Å². The van der Waals surface area contributed by atoms with E-state index in [1.54, 1.807) is 32.1 Å². The highest BCUT2D eigenvalue weighted by Crippen LogP contribution is 3.05. The molecular formula is C25H40. The monoisotopic (exact) mass is 340 g/mol. The summed E-state index contributed by atoms with van der Waals surface area (Å²) in [6.07, 6.45) is 12.4. The van der Waals surface area contributed by atoms with Crippen LogP contribution in [0.3, 0.4) is 0 Å². The van der Waals surface area contributed by atoms with Gasteiger partial charge in [0.2, 0.25) is 0 Å². The van der Waals surface area contributed by atoms with Gasteiger partial charge in [0.05, 0.1) is 0 Å². The fraction of sp³-hybridized carbons (Fsp3) is 1.00. The Morgan fingerprint density at radius 1 is 1.04 bits per heavy atom. The smallest absolute Gasteiger partial charge is 0.0139 e. The number of hydrogen-bond donors (Lipinski definition) is 0. The van der Waals surface area contributed by atoms with Crippen molar-refractivity contribution in [3.8, 4) is 0 Å². The molecule has 0 heteroatoms. The molecule has 0 aromatic heterocycles. The Labute approximate surface area is 155 Å². The van der Waals surface area contributed by atoms with E-state index >= 15 is 0 Å². The van der Waals surface area contributed by atoms with Gasteiger partial charge in [-0.2, -0.15) is 0 Å². The summed E-state index contributed by atoms with van der Waals surface area (Å²) in [5, 5.41) is 0. The highest BCUT2D eigenvalue weighted by Gasteiger charge is 3.01. The molecule has 6 aliphatic rings. The summed E-state index contributed by atoms with van der Waals surface area (Å²) in [4.78, 5) is 0. The van der Waals surface area contributed by atoms with Gasteiger partial charge in [-0.15, -0.1) is 0 Å². The summed E-state index contributed by atoms with van der Waals surface area (Å²) in [5.41, 5.74) is 3.74. The highest BCUT2D eigenvalue weighted by atomic mass is 15.0. The van der Waals surface area contributed by atoms with Crippen LogP contribution in [-0.4, -0.2) is 0 Å². The van der Waals surface area contributed by atoms with E-state index in [4.69, 9.17) is 0 Å². The maximum absolute atomic E-state index is 2.72. The van der Waals surface area contributed by atoms with Gasteiger partial charge in [-0.25, -0.2) is 0 Å². The van der Waals surface area contributed by atoms with Crippen molar-refractivity contribution < 1.29 is 0 Å². The van der Waals surface area contributed by atoms with Crippen molar-refractivity contribution >= 4 is 0 Å². The van der Waals surface area contributed by atoms with Crippen molar-refractivity contribution in [2.75, 3.05) is 0 Å². The molecular weight excluding hydrogens is 300 g/mol. The molecule has 25 heavy (non-hydrogen) atoms. The third kappa shape index (κ3) is 1.50. The SMILES string of the molecule is CC1CCC1(C)C(C)CC1(C)CC1(C)C1C2CC3(CC4CC4)C(C)C213. The first-order chi connectivity index (χ1) is 11.7. The van der Waals surface area contributed by atoms with Crippen molar-refractivity contribution in [1.82, 2.24) is 0 Å². The van der Waals surface area contributed by atoms with Crippen LogP contribution in [0.25, 0.3) is 0 Å². The van der Waals surface area contributed by atoms with Gasteiger partial charge in [0, 0.05) is 0 Å². The minimum absolute atomic E-state index is 0.649. The third-order valence-corrected chi connectivity index (χ3v) is 12.5. The van der Waals surface area contributed by atoms with E-state index in [9.17, 15) is 0 Å². The Morgan fingerprint density at radius 2 is 1.76 bits per heavy atom. The molecule has 0 radical (unpaired) electrons. The van der Waals surface area contributed by atoms with Gasteiger partial charge in [-0.05, 0) is 101 Å². The predicted molar refractivity (Wildman–Crippen MR) is 104 cm³/mol. The minimum atomic E-state index is 0.649. The molecule has 0 nitrogen and oxygen atoms in total. The van der Waals surface area contributed by atoms with Gasteiger partial charge >= 0.3 is 0 Å². The van der Waals surface area contributed by atoms with E-state index in [1.807, 2.05) is 0 Å². The molecule has 1 spiro atoms. The number of hydrogen-bond acceptors (Lipinski definition) is 0. The first-order valence-corrected chi connectivity index (χ1v) is 11.7. The molecule has 0 bridgehead atoms. The lowest BCUT2D eigenvalue weighted by Crippen LogP contribution is -2.42. The van der Waals surface area contributed by atoms with E-state index < -0.39 is 0 Å². The topological polar surface area (TPSA) is 0 Å². The van der Waals surface area contributed by atoms with Crippen LogP contribution < -0.4 is 0 Å². The van der Waals surface area contributed by atoms with Crippen LogP contribution in [-0.2, 0) is 0 Å². The van der Waals surface area contributed by atoms with Crippen LogP contribution in [0.2, 0.25) is 0 Å². The largest absolute Gasteiger partial charge is 0.0620 e. The summed E-state index contributed by atoms with van der Waals surface area (Å²) >= 11 is 0. The lowest BCUT2D eigenvalue weighted by atomic mass is 9.54. The maximum Gasteiger partial charge on any atom is -0.0139 e. The van der Waals surface area contributed by atoms with Crippen molar-refractivity contribution in [3.05, 3.63) is 0 Å². The van der Waals surface area contributed by atoms with Crippen LogP contribution >= 0.6 is 0 Å². The normalized spacial score (nSPS) is 67.4. The molecule has 6 rings (SSSR count). The Balaban J connectivity index is 1.18. The summed E-state index contributed by atoms with van der Waals surface area (Å²) in [6.45, 7) is 15.7. The fourth-order valence-electron chi connectivity index (χ4n) is 9.86. The Morgan fingerprint density at radius 3 is 2.28 bits per heavy atom. The molecule has 0 aliphatic heterocycles. The molecule has 0 heterocycles. The maximum atomic E-state index is 2.72. The van der Waals surface area contributed by atoms with Gasteiger partial charge in [0.25, 0.3) is 0 Å². The zero-order chi connectivity index (χ0) is 17.6. The standard InChI is InChI=1S/C25H40/c1-15-9-10-22(15,5)16(2)11-21(4)14-23(21,6)20-19-13-24(12-18-7-8-18)17(3)25(19,20)24/h15-20H,7-14H2,1-6H3. The molecule has 6 fully saturated rings. The zero-order valence-electron chi connectivity index (χ0n) is 17.6. The summed E-state index contributed by atoms with van der Waals surface area (Å²) in [7, 11) is 0. The molecule has 0 aromatic rings. The molecule has 6 aliphatic carbocycles. The number of rotatable bonds is 6. The molecule has 0 N–H and O–H groups in total. The van der Waals surface area contributed by atoms with Crippen LogP contribution in [0, 0.1) is 62.6 Å². The van der Waals surface area contributed by atoms with E-state index in [1.165, 1.54) is 19.3 Å². The molecule has 10 atom stereocenters. The second kappa shape index (κ2) is 4.05. The second-order valence-electron chi connectivity index (χ2n) is 13.0. The first kappa shape index (κ1) is 16.0. The fourth-order valence-corrected chi connectivity index (χ4v) is 9.86. The second-order valence-corrected chi connectivity index (χ2v) is 13.0. The highest BCUT2D eigenvalue weighted by molar-refractivity contribution is 5.48. The zero-order valence-corrected chi connectivity index (χ0v) is 17.6. The van der Waals surface area contributed by atoms with Crippen molar-refractivity contribution in [3.63, 3.8) is 0 Å². The van der Waals surface area contributed by atoms with Gasteiger partial charge < -0.3 is 0 Å². The minimum Gasteiger partial charge on any atom is -0.0620 e. The van der Waals surface area contributed by atoms with Crippen LogP contribution in [0.15, 0.2) is 0 Å². The average molecular weight is 341 g/mol. The lowest BCUT2D eigenvalue weighted by Gasteiger charge is -2.51. The average Bonchev–Trinajstić information content (AvgIpc) is 3.48. The van der Waals surface area contributed by atoms with Crippen molar-refractivity contribution in [1.29, 1.82) is 0 Å². The lowest BCUT2D eigenvalue weighted by molar-refractivity contribution is -0.00974. The Kier molecular flexibility index (Phi) is 2.59. The third-order valence-electron chi connectivity index (χ3n) is 12.5. The van der Waals surface area contributed by atoms with Crippen molar-refractivity contribution in [2.45, 2.75) is 92.9 Å². The van der Waals surface area contributed by atoms with Gasteiger partial charge in [-0.3, -0.25) is 0 Å². The summed E-state index contributed by atoms with van der Waals surface area (Å²) < 4.78 is 0. The van der Waals surface area contributed by atoms with Crippen LogP contribution in [0.4, 0.5) is 0 Å². The first-order valence-electron chi connectivity index (χ1n) is 11.7. The molecule has 6 saturated carbocycles. The molecule has 10 unspecified atom stereocenters. The molecule has 0 amide bonds. The quantitative estimate of drug-likeness (QED) is 0.491. The van der Waals surface area contributed by atoms with Gasteiger partial charge in [-0.1, -0.05) is 54.4 Å². The predicted octanol–water partition coefficient (Wildman–Crippen LogP) is 6.94. The van der Waals surface area contributed by atoms with Crippen LogP contribution in [0.1, 0.15) is 92.9 Å². The van der Waals surface area contributed by atoms with E-state index in [0.29, 0.717) is 16.2 Å². The van der Waals surface area contributed by atoms with E-state index in [0.717, 1.165) is 46.3 Å². The van der Waals surface area contributed by atoms with Crippen LogP contribution in [0.5, 0.6) is 0 Å². The Bertz CT molecular complexity index is 646. The van der Waals surface area contributed by atoms with E-state index in [-0.39, 0.29) is 0 Å². The van der Waals surface area contributed by atoms with E-state index in [2.05, 4.69) is 41.5 Å². The Hall–Kier alpha value is 0. The summed E-state index contributed by atoms with van der Waals surface area (Å²) in [5.74, 6) is 6.38. The van der Waals surface area contributed by atoms with Gasteiger partial charge in [0.1, 0.15) is 0 Å². The summed E-state index contributed by atoms with van der Waals surface area (Å²) in [6, 6.07) is 0. The van der Waals surface area contributed by atoms with Crippen molar-refractivity contribution in [2.24, 2.45) is 62.6 Å². The molecule has 0 saturated heterocycles.